The van der Waals surface area contributed by atoms with Crippen molar-refractivity contribution in [1.29, 1.82) is 0 Å². The molecule has 0 spiro atoms. The molecule has 0 fully saturated rings. The number of amides is 1. The van der Waals surface area contributed by atoms with Crippen molar-refractivity contribution in [2.24, 2.45) is 0 Å². The standard InChI is InChI=1S/C15H24N2O4S/c1-5-14(15(18)16-12(2)11-21-3)17(22(4,19)20)13-9-7-6-8-10-13/h6-10,12,14H,5,11H2,1-4H3,(H,16,18)/t12-,14+/m1/s1. The lowest BCUT2D eigenvalue weighted by Gasteiger charge is -2.30. The van der Waals surface area contributed by atoms with E-state index in [1.54, 1.807) is 51.3 Å². The monoisotopic (exact) mass is 328 g/mol. The van der Waals surface area contributed by atoms with E-state index in [2.05, 4.69) is 5.32 Å². The highest BCUT2D eigenvalue weighted by Gasteiger charge is 2.31. The summed E-state index contributed by atoms with van der Waals surface area (Å²) in [5.41, 5.74) is 0.478. The molecular formula is C15H24N2O4S. The summed E-state index contributed by atoms with van der Waals surface area (Å²) in [6.07, 6.45) is 1.47. The Balaban J connectivity index is 3.08. The summed E-state index contributed by atoms with van der Waals surface area (Å²) >= 11 is 0. The molecule has 22 heavy (non-hydrogen) atoms. The molecule has 1 amide bonds. The third-order valence-corrected chi connectivity index (χ3v) is 4.33. The van der Waals surface area contributed by atoms with E-state index in [1.165, 1.54) is 4.31 Å². The van der Waals surface area contributed by atoms with Gasteiger partial charge < -0.3 is 10.1 Å². The molecule has 0 aromatic heterocycles. The van der Waals surface area contributed by atoms with Gasteiger partial charge in [-0.1, -0.05) is 25.1 Å². The van der Waals surface area contributed by atoms with Crippen molar-refractivity contribution in [3.8, 4) is 0 Å². The maximum absolute atomic E-state index is 12.4. The Labute approximate surface area is 132 Å². The van der Waals surface area contributed by atoms with Crippen molar-refractivity contribution in [3.63, 3.8) is 0 Å². The molecule has 7 heteroatoms. The summed E-state index contributed by atoms with van der Waals surface area (Å²) in [7, 11) is -2.03. The molecule has 2 atom stereocenters. The zero-order chi connectivity index (χ0) is 16.8. The van der Waals surface area contributed by atoms with Gasteiger partial charge in [-0.25, -0.2) is 8.42 Å². The zero-order valence-corrected chi connectivity index (χ0v) is 14.3. The predicted molar refractivity (Wildman–Crippen MR) is 87.3 cm³/mol. The van der Waals surface area contributed by atoms with Crippen LogP contribution in [-0.2, 0) is 19.6 Å². The summed E-state index contributed by atoms with van der Waals surface area (Å²) in [5.74, 6) is -0.332. The molecule has 1 aromatic rings. The number of carbonyl (C=O) groups is 1. The van der Waals surface area contributed by atoms with Crippen LogP contribution in [0.25, 0.3) is 0 Å². The van der Waals surface area contributed by atoms with Crippen LogP contribution in [0.5, 0.6) is 0 Å². The number of para-hydroxylation sites is 1. The van der Waals surface area contributed by atoms with Crippen LogP contribution in [0.15, 0.2) is 30.3 Å². The predicted octanol–water partition coefficient (Wildman–Crippen LogP) is 1.38. The van der Waals surface area contributed by atoms with E-state index in [0.717, 1.165) is 6.26 Å². The molecular weight excluding hydrogens is 304 g/mol. The van der Waals surface area contributed by atoms with E-state index in [1.807, 2.05) is 0 Å². The molecule has 0 aliphatic rings. The Kier molecular flexibility index (Phi) is 6.83. The molecule has 1 rings (SSSR count). The Hall–Kier alpha value is -1.60. The maximum Gasteiger partial charge on any atom is 0.244 e. The van der Waals surface area contributed by atoms with Crippen molar-refractivity contribution in [3.05, 3.63) is 30.3 Å². The molecule has 0 saturated heterocycles. The van der Waals surface area contributed by atoms with E-state index >= 15 is 0 Å². The summed E-state index contributed by atoms with van der Waals surface area (Å²) in [4.78, 5) is 12.4. The first-order valence-electron chi connectivity index (χ1n) is 7.15. The third kappa shape index (κ3) is 4.99. The van der Waals surface area contributed by atoms with Crippen LogP contribution in [0.1, 0.15) is 20.3 Å². The largest absolute Gasteiger partial charge is 0.383 e. The Morgan fingerprint density at radius 1 is 1.32 bits per heavy atom. The lowest BCUT2D eigenvalue weighted by Crippen LogP contribution is -2.51. The number of nitrogens with zero attached hydrogens (tertiary/aromatic N) is 1. The van der Waals surface area contributed by atoms with Crippen molar-refractivity contribution >= 4 is 21.6 Å². The van der Waals surface area contributed by atoms with Gasteiger partial charge in [-0.3, -0.25) is 9.10 Å². The van der Waals surface area contributed by atoms with E-state index in [0.29, 0.717) is 18.7 Å². The van der Waals surface area contributed by atoms with Crippen molar-refractivity contribution < 1.29 is 17.9 Å². The number of anilines is 1. The van der Waals surface area contributed by atoms with Gasteiger partial charge >= 0.3 is 0 Å². The number of rotatable bonds is 8. The van der Waals surface area contributed by atoms with Crippen LogP contribution in [0, 0.1) is 0 Å². The van der Waals surface area contributed by atoms with Crippen LogP contribution >= 0.6 is 0 Å². The molecule has 0 bridgehead atoms. The van der Waals surface area contributed by atoms with E-state index in [9.17, 15) is 13.2 Å². The minimum absolute atomic E-state index is 0.191. The number of nitrogens with one attached hydrogen (secondary N) is 1. The first kappa shape index (κ1) is 18.4. The lowest BCUT2D eigenvalue weighted by molar-refractivity contribution is -0.123. The van der Waals surface area contributed by atoms with Gasteiger partial charge in [-0.05, 0) is 25.5 Å². The maximum atomic E-state index is 12.4. The topological polar surface area (TPSA) is 75.7 Å². The van der Waals surface area contributed by atoms with E-state index < -0.39 is 16.1 Å². The summed E-state index contributed by atoms with van der Waals surface area (Å²) in [6.45, 7) is 3.96. The highest BCUT2D eigenvalue weighted by molar-refractivity contribution is 7.92. The second-order valence-corrected chi connectivity index (χ2v) is 7.04. The highest BCUT2D eigenvalue weighted by Crippen LogP contribution is 2.22. The third-order valence-electron chi connectivity index (χ3n) is 3.15. The van der Waals surface area contributed by atoms with Gasteiger partial charge in [0.05, 0.1) is 18.6 Å². The normalized spacial score (nSPS) is 14.2. The molecule has 0 radical (unpaired) electrons. The van der Waals surface area contributed by atoms with Gasteiger partial charge in [0, 0.05) is 13.2 Å². The molecule has 124 valence electrons. The van der Waals surface area contributed by atoms with E-state index in [-0.39, 0.29) is 11.9 Å². The molecule has 0 heterocycles. The number of ether oxygens (including phenoxy) is 1. The second kappa shape index (κ2) is 8.14. The van der Waals surface area contributed by atoms with Crippen LogP contribution in [-0.4, -0.2) is 46.4 Å². The number of carbonyl (C=O) groups excluding carboxylic acids is 1. The van der Waals surface area contributed by atoms with Gasteiger partial charge in [0.25, 0.3) is 0 Å². The lowest BCUT2D eigenvalue weighted by atomic mass is 10.1. The molecule has 0 unspecified atom stereocenters. The zero-order valence-electron chi connectivity index (χ0n) is 13.4. The fourth-order valence-electron chi connectivity index (χ4n) is 2.27. The minimum Gasteiger partial charge on any atom is -0.383 e. The molecule has 0 aliphatic heterocycles. The molecule has 0 saturated carbocycles. The van der Waals surface area contributed by atoms with Crippen molar-refractivity contribution in [2.75, 3.05) is 24.3 Å². The van der Waals surface area contributed by atoms with Crippen molar-refractivity contribution in [1.82, 2.24) is 5.32 Å². The average molecular weight is 328 g/mol. The fourth-order valence-corrected chi connectivity index (χ4v) is 3.48. The van der Waals surface area contributed by atoms with Crippen LogP contribution < -0.4 is 9.62 Å². The van der Waals surface area contributed by atoms with Crippen LogP contribution in [0.4, 0.5) is 5.69 Å². The molecule has 0 aliphatic carbocycles. The molecule has 1 aromatic carbocycles. The first-order valence-corrected chi connectivity index (χ1v) is 8.99. The SMILES string of the molecule is CC[C@@H](C(=O)N[C@H](C)COC)N(c1ccccc1)S(C)(=O)=O. The minimum atomic E-state index is -3.58. The Morgan fingerprint density at radius 3 is 2.36 bits per heavy atom. The number of methoxy groups -OCH3 is 1. The highest BCUT2D eigenvalue weighted by atomic mass is 32.2. The van der Waals surface area contributed by atoms with Crippen LogP contribution in [0.3, 0.4) is 0 Å². The summed E-state index contributed by atoms with van der Waals surface area (Å²) in [6, 6.07) is 7.65. The fraction of sp³-hybridized carbons (Fsp3) is 0.533. The van der Waals surface area contributed by atoms with Gasteiger partial charge in [-0.15, -0.1) is 0 Å². The van der Waals surface area contributed by atoms with Gasteiger partial charge in [0.2, 0.25) is 15.9 Å². The molecule has 1 N–H and O–H groups in total. The number of hydrogen-bond donors (Lipinski definition) is 1. The quantitative estimate of drug-likeness (QED) is 0.782. The van der Waals surface area contributed by atoms with Gasteiger partial charge in [-0.2, -0.15) is 0 Å². The smallest absolute Gasteiger partial charge is 0.244 e. The van der Waals surface area contributed by atoms with E-state index in [4.69, 9.17) is 4.74 Å². The van der Waals surface area contributed by atoms with Crippen LogP contribution in [0.2, 0.25) is 0 Å². The molecule has 6 nitrogen and oxygen atoms in total. The summed E-state index contributed by atoms with van der Waals surface area (Å²) < 4.78 is 30.5. The average Bonchev–Trinajstić information content (AvgIpc) is 2.44. The Bertz CT molecular complexity index is 574. The summed E-state index contributed by atoms with van der Waals surface area (Å²) in [5, 5.41) is 2.78. The number of sulfonamides is 1. The number of benzene rings is 1. The van der Waals surface area contributed by atoms with Gasteiger partial charge in [0.1, 0.15) is 6.04 Å². The van der Waals surface area contributed by atoms with Crippen molar-refractivity contribution in [2.45, 2.75) is 32.4 Å². The van der Waals surface area contributed by atoms with Gasteiger partial charge in [0.15, 0.2) is 0 Å². The first-order chi connectivity index (χ1) is 10.3. The second-order valence-electron chi connectivity index (χ2n) is 5.18. The Morgan fingerprint density at radius 2 is 1.91 bits per heavy atom. The number of hydrogen-bond acceptors (Lipinski definition) is 4.